The van der Waals surface area contributed by atoms with Crippen molar-refractivity contribution in [2.75, 3.05) is 24.6 Å². The van der Waals surface area contributed by atoms with E-state index in [1.165, 1.54) is 12.1 Å². The minimum atomic E-state index is -0.822. The molecular formula is C11H13FN2O3. The molecule has 92 valence electrons. The van der Waals surface area contributed by atoms with Crippen LogP contribution in [0.5, 0.6) is 5.75 Å². The molecule has 6 heteroatoms. The Labute approximate surface area is 97.9 Å². The number of fused-ring (bicyclic) bond motifs is 1. The lowest BCUT2D eigenvalue weighted by atomic mass is 10.2. The fourth-order valence-electron chi connectivity index (χ4n) is 1.92. The van der Waals surface area contributed by atoms with Gasteiger partial charge >= 0.3 is 5.69 Å². The molecule has 2 rings (SSSR count). The number of halogens is 1. The quantitative estimate of drug-likeness (QED) is 0.588. The number of nitro groups is 1. The number of anilines is 1. The number of nitrogens with zero attached hydrogens (tertiary/aromatic N) is 2. The summed E-state index contributed by atoms with van der Waals surface area (Å²) in [6, 6.07) is 2.35. The molecule has 1 aliphatic heterocycles. The Balaban J connectivity index is 2.51. The number of nitro benzene ring substituents is 1. The van der Waals surface area contributed by atoms with Crippen molar-refractivity contribution in [2.45, 2.75) is 13.3 Å². The van der Waals surface area contributed by atoms with E-state index in [4.69, 9.17) is 4.74 Å². The molecule has 0 N–H and O–H groups in total. The molecule has 0 bridgehead atoms. The molecule has 0 spiro atoms. The van der Waals surface area contributed by atoms with Gasteiger partial charge in [-0.25, -0.2) is 0 Å². The lowest BCUT2D eigenvalue weighted by Gasteiger charge is -2.21. The second-order valence-corrected chi connectivity index (χ2v) is 3.81. The normalized spacial score (nSPS) is 14.8. The van der Waals surface area contributed by atoms with Crippen molar-refractivity contribution < 1.29 is 14.1 Å². The van der Waals surface area contributed by atoms with Crippen LogP contribution in [0.15, 0.2) is 12.1 Å². The van der Waals surface area contributed by atoms with Gasteiger partial charge in [-0.15, -0.1) is 0 Å². The largest absolute Gasteiger partial charge is 0.491 e. The summed E-state index contributed by atoms with van der Waals surface area (Å²) < 4.78 is 19.0. The molecular weight excluding hydrogens is 227 g/mol. The highest BCUT2D eigenvalue weighted by Gasteiger charge is 2.23. The Morgan fingerprint density at radius 2 is 2.35 bits per heavy atom. The molecule has 0 amide bonds. The minimum absolute atomic E-state index is 0.387. The standard InChI is InChI=1S/C11H13FN2O3/c1-2-13-4-3-5-17-11-7-9(14(15)16)8(12)6-10(11)13/h6-7H,2-5H2,1H3. The summed E-state index contributed by atoms with van der Waals surface area (Å²) in [5, 5.41) is 10.6. The average Bonchev–Trinajstić information content (AvgIpc) is 2.49. The zero-order valence-corrected chi connectivity index (χ0v) is 9.48. The highest BCUT2D eigenvalue weighted by molar-refractivity contribution is 5.63. The predicted molar refractivity (Wildman–Crippen MR) is 61.1 cm³/mol. The second kappa shape index (κ2) is 4.57. The van der Waals surface area contributed by atoms with Crippen LogP contribution in [0.25, 0.3) is 0 Å². The van der Waals surface area contributed by atoms with Gasteiger partial charge in [0.1, 0.15) is 5.75 Å². The first-order valence-electron chi connectivity index (χ1n) is 5.49. The highest BCUT2D eigenvalue weighted by Crippen LogP contribution is 2.36. The highest BCUT2D eigenvalue weighted by atomic mass is 19.1. The van der Waals surface area contributed by atoms with Crippen molar-refractivity contribution in [3.05, 3.63) is 28.1 Å². The summed E-state index contributed by atoms with van der Waals surface area (Å²) >= 11 is 0. The second-order valence-electron chi connectivity index (χ2n) is 3.81. The number of hydrogen-bond acceptors (Lipinski definition) is 4. The van der Waals surface area contributed by atoms with Crippen molar-refractivity contribution >= 4 is 11.4 Å². The zero-order chi connectivity index (χ0) is 12.4. The number of hydrogen-bond donors (Lipinski definition) is 0. The van der Waals surface area contributed by atoms with Crippen molar-refractivity contribution in [3.63, 3.8) is 0 Å². The maximum atomic E-state index is 13.5. The Morgan fingerprint density at radius 1 is 1.59 bits per heavy atom. The first kappa shape index (κ1) is 11.6. The van der Waals surface area contributed by atoms with Gasteiger partial charge in [-0.05, 0) is 13.3 Å². The van der Waals surface area contributed by atoms with E-state index in [-0.39, 0.29) is 0 Å². The van der Waals surface area contributed by atoms with E-state index in [1.807, 2.05) is 11.8 Å². The Bertz CT molecular complexity index is 451. The maximum Gasteiger partial charge on any atom is 0.308 e. The molecule has 0 saturated carbocycles. The molecule has 17 heavy (non-hydrogen) atoms. The van der Waals surface area contributed by atoms with E-state index in [0.29, 0.717) is 24.6 Å². The third kappa shape index (κ3) is 2.15. The predicted octanol–water partition coefficient (Wildman–Crippen LogP) is 2.34. The molecule has 0 saturated heterocycles. The van der Waals surface area contributed by atoms with Gasteiger partial charge in [-0.2, -0.15) is 4.39 Å². The van der Waals surface area contributed by atoms with Crippen molar-refractivity contribution in [3.8, 4) is 5.75 Å². The molecule has 0 radical (unpaired) electrons. The fraction of sp³-hybridized carbons (Fsp3) is 0.455. The van der Waals surface area contributed by atoms with E-state index in [2.05, 4.69) is 0 Å². The minimum Gasteiger partial charge on any atom is -0.491 e. The molecule has 0 fully saturated rings. The van der Waals surface area contributed by atoms with Crippen LogP contribution in [0.3, 0.4) is 0 Å². The van der Waals surface area contributed by atoms with Gasteiger partial charge in [0.15, 0.2) is 0 Å². The lowest BCUT2D eigenvalue weighted by Crippen LogP contribution is -2.23. The van der Waals surface area contributed by atoms with E-state index in [0.717, 1.165) is 13.0 Å². The average molecular weight is 240 g/mol. The third-order valence-corrected chi connectivity index (χ3v) is 2.78. The monoisotopic (exact) mass is 240 g/mol. The Hall–Kier alpha value is -1.85. The van der Waals surface area contributed by atoms with E-state index in [9.17, 15) is 14.5 Å². The summed E-state index contributed by atoms with van der Waals surface area (Å²) in [5.41, 5.74) is 0.0507. The molecule has 0 aromatic heterocycles. The zero-order valence-electron chi connectivity index (χ0n) is 9.48. The Kier molecular flexibility index (Phi) is 3.12. The van der Waals surface area contributed by atoms with Crippen LogP contribution in [-0.2, 0) is 0 Å². The van der Waals surface area contributed by atoms with Crippen LogP contribution in [-0.4, -0.2) is 24.6 Å². The third-order valence-electron chi connectivity index (χ3n) is 2.78. The van der Waals surface area contributed by atoms with Crippen LogP contribution in [0.2, 0.25) is 0 Å². The van der Waals surface area contributed by atoms with Crippen LogP contribution in [0.4, 0.5) is 15.8 Å². The van der Waals surface area contributed by atoms with E-state index >= 15 is 0 Å². The maximum absolute atomic E-state index is 13.5. The topological polar surface area (TPSA) is 55.6 Å². The first-order valence-corrected chi connectivity index (χ1v) is 5.49. The molecule has 1 heterocycles. The SMILES string of the molecule is CCN1CCCOc2cc([N+](=O)[O-])c(F)cc21. The van der Waals surface area contributed by atoms with Gasteiger partial charge in [-0.3, -0.25) is 10.1 Å². The summed E-state index contributed by atoms with van der Waals surface area (Å²) in [6.07, 6.45) is 0.817. The van der Waals surface area contributed by atoms with E-state index in [1.54, 1.807) is 0 Å². The Morgan fingerprint density at radius 3 is 3.00 bits per heavy atom. The van der Waals surface area contributed by atoms with Crippen molar-refractivity contribution in [1.82, 2.24) is 0 Å². The summed E-state index contributed by atoms with van der Waals surface area (Å²) in [4.78, 5) is 11.9. The van der Waals surface area contributed by atoms with Gasteiger partial charge in [0.2, 0.25) is 5.82 Å². The van der Waals surface area contributed by atoms with Gasteiger partial charge in [-0.1, -0.05) is 0 Å². The summed E-state index contributed by atoms with van der Waals surface area (Å²) in [7, 11) is 0. The van der Waals surface area contributed by atoms with Crippen LogP contribution in [0, 0.1) is 15.9 Å². The molecule has 1 aromatic carbocycles. The number of ether oxygens (including phenoxy) is 1. The molecule has 5 nitrogen and oxygen atoms in total. The van der Waals surface area contributed by atoms with E-state index < -0.39 is 16.4 Å². The molecule has 1 aliphatic rings. The first-order chi connectivity index (χ1) is 8.13. The van der Waals surface area contributed by atoms with Crippen molar-refractivity contribution in [2.24, 2.45) is 0 Å². The molecule has 0 aliphatic carbocycles. The van der Waals surface area contributed by atoms with Crippen molar-refractivity contribution in [1.29, 1.82) is 0 Å². The molecule has 0 unspecified atom stereocenters. The van der Waals surface area contributed by atoms with Gasteiger partial charge in [0.05, 0.1) is 23.3 Å². The summed E-state index contributed by atoms with van der Waals surface area (Å²) in [6.45, 7) is 3.93. The van der Waals surface area contributed by atoms with Gasteiger partial charge in [0.25, 0.3) is 0 Å². The van der Waals surface area contributed by atoms with Gasteiger partial charge in [0, 0.05) is 19.2 Å². The number of benzene rings is 1. The number of rotatable bonds is 2. The molecule has 0 atom stereocenters. The van der Waals surface area contributed by atoms with Gasteiger partial charge < -0.3 is 9.64 Å². The van der Waals surface area contributed by atoms with Crippen LogP contribution < -0.4 is 9.64 Å². The van der Waals surface area contributed by atoms with Crippen LogP contribution >= 0.6 is 0 Å². The molecule has 1 aromatic rings. The van der Waals surface area contributed by atoms with Crippen LogP contribution in [0.1, 0.15) is 13.3 Å². The fourth-order valence-corrected chi connectivity index (χ4v) is 1.92. The smallest absolute Gasteiger partial charge is 0.308 e. The summed E-state index contributed by atoms with van der Waals surface area (Å²) in [5.74, 6) is -0.435. The lowest BCUT2D eigenvalue weighted by molar-refractivity contribution is -0.387.